The Bertz CT molecular complexity index is 1410. The Morgan fingerprint density at radius 1 is 1.23 bits per heavy atom. The normalized spacial score (nSPS) is 11.5. The molecule has 1 unspecified atom stereocenters. The first-order valence-corrected chi connectivity index (χ1v) is 11.0. The molecule has 0 aliphatic heterocycles. The Kier molecular flexibility index (Phi) is 6.78. The molecule has 7 nitrogen and oxygen atoms in total. The third-order valence-electron chi connectivity index (χ3n) is 5.74. The lowest BCUT2D eigenvalue weighted by atomic mass is 10.00. The van der Waals surface area contributed by atoms with Crippen molar-refractivity contribution < 1.29 is 13.9 Å². The van der Waals surface area contributed by atoms with Crippen molar-refractivity contribution in [2.24, 2.45) is 5.73 Å². The summed E-state index contributed by atoms with van der Waals surface area (Å²) >= 11 is 0. The molecule has 0 spiro atoms. The van der Waals surface area contributed by atoms with Gasteiger partial charge in [-0.1, -0.05) is 31.2 Å². The fourth-order valence-corrected chi connectivity index (χ4v) is 3.90. The molecule has 0 aliphatic rings. The minimum Gasteiger partial charge on any atom is -0.494 e. The largest absolute Gasteiger partial charge is 0.494 e. The van der Waals surface area contributed by atoms with Crippen LogP contribution in [0.3, 0.4) is 0 Å². The molecule has 1 heterocycles. The molecule has 176 valence electrons. The van der Waals surface area contributed by atoms with Gasteiger partial charge in [0.05, 0.1) is 30.6 Å². The summed E-state index contributed by atoms with van der Waals surface area (Å²) < 4.78 is 20.8. The summed E-state index contributed by atoms with van der Waals surface area (Å²) in [5.74, 6) is -0.503. The zero-order valence-corrected chi connectivity index (χ0v) is 19.3. The van der Waals surface area contributed by atoms with Gasteiger partial charge in [-0.05, 0) is 48.4 Å². The third-order valence-corrected chi connectivity index (χ3v) is 5.74. The van der Waals surface area contributed by atoms with Crippen molar-refractivity contribution in [3.63, 3.8) is 0 Å². The molecule has 1 amide bonds. The van der Waals surface area contributed by atoms with Gasteiger partial charge in [0.15, 0.2) is 11.6 Å². The van der Waals surface area contributed by atoms with Crippen molar-refractivity contribution in [2.75, 3.05) is 12.4 Å². The van der Waals surface area contributed by atoms with E-state index < -0.39 is 17.8 Å². The van der Waals surface area contributed by atoms with E-state index in [4.69, 9.17) is 15.7 Å². The first-order chi connectivity index (χ1) is 16.9. The number of amides is 1. The molecule has 0 radical (unpaired) electrons. The maximum atomic E-state index is 15.5. The molecule has 4 rings (SSSR count). The highest BCUT2D eigenvalue weighted by Crippen LogP contribution is 2.34. The maximum Gasteiger partial charge on any atom is 0.249 e. The molecular weight excluding hydrogens is 445 g/mol. The molecule has 8 heteroatoms. The van der Waals surface area contributed by atoms with Gasteiger partial charge in [-0.2, -0.15) is 5.26 Å². The van der Waals surface area contributed by atoms with Crippen molar-refractivity contribution in [1.82, 2.24) is 9.97 Å². The van der Waals surface area contributed by atoms with Crippen LogP contribution < -0.4 is 15.8 Å². The van der Waals surface area contributed by atoms with E-state index in [2.05, 4.69) is 21.4 Å². The van der Waals surface area contributed by atoms with E-state index in [1.807, 2.05) is 6.92 Å². The summed E-state index contributed by atoms with van der Waals surface area (Å²) in [7, 11) is 1.43. The quantitative estimate of drug-likeness (QED) is 0.337. The van der Waals surface area contributed by atoms with E-state index in [9.17, 15) is 4.79 Å². The smallest absolute Gasteiger partial charge is 0.249 e. The predicted octanol–water partition coefficient (Wildman–Crippen LogP) is 4.96. The fraction of sp³-hybridized carbons (Fsp3) is 0.148. The summed E-state index contributed by atoms with van der Waals surface area (Å²) in [5, 5.41) is 12.4. The van der Waals surface area contributed by atoms with E-state index in [0.717, 1.165) is 5.56 Å². The average molecular weight is 470 g/mol. The van der Waals surface area contributed by atoms with Crippen molar-refractivity contribution in [3.8, 4) is 23.1 Å². The van der Waals surface area contributed by atoms with Crippen LogP contribution in [0, 0.1) is 17.1 Å². The number of halogens is 1. The van der Waals surface area contributed by atoms with E-state index in [0.29, 0.717) is 45.9 Å². The van der Waals surface area contributed by atoms with Gasteiger partial charge in [0.1, 0.15) is 11.9 Å². The molecule has 3 aromatic carbocycles. The van der Waals surface area contributed by atoms with Gasteiger partial charge in [-0.3, -0.25) is 4.79 Å². The SMILES string of the molecule is CCc1cc(OC)c(F)c(C(Nc2ccc(C#N)cc2)c2ncc(-c3ccccc3C(N)=O)[nH]2)c1. The second-order valence-corrected chi connectivity index (χ2v) is 7.91. The van der Waals surface area contributed by atoms with Crippen LogP contribution in [0.1, 0.15) is 45.8 Å². The number of anilines is 1. The summed E-state index contributed by atoms with van der Waals surface area (Å²) in [5.41, 5.74) is 9.48. The van der Waals surface area contributed by atoms with Crippen LogP contribution in [0.25, 0.3) is 11.3 Å². The zero-order valence-electron chi connectivity index (χ0n) is 19.3. The number of aromatic amines is 1. The second kappa shape index (κ2) is 10.1. The van der Waals surface area contributed by atoms with Crippen LogP contribution in [-0.2, 0) is 6.42 Å². The minimum atomic E-state index is -0.724. The first-order valence-electron chi connectivity index (χ1n) is 11.0. The lowest BCUT2D eigenvalue weighted by Gasteiger charge is -2.21. The van der Waals surface area contributed by atoms with E-state index in [1.54, 1.807) is 66.9 Å². The molecule has 1 aromatic heterocycles. The second-order valence-electron chi connectivity index (χ2n) is 7.91. The number of aryl methyl sites for hydroxylation is 1. The number of nitrogens with zero attached hydrogens (tertiary/aromatic N) is 2. The molecule has 0 saturated carbocycles. The number of imidazole rings is 1. The van der Waals surface area contributed by atoms with Crippen LogP contribution >= 0.6 is 0 Å². The highest BCUT2D eigenvalue weighted by molar-refractivity contribution is 5.99. The van der Waals surface area contributed by atoms with Crippen LogP contribution in [0.5, 0.6) is 5.75 Å². The van der Waals surface area contributed by atoms with Crippen molar-refractivity contribution >= 4 is 11.6 Å². The number of primary amides is 1. The number of nitrogens with one attached hydrogen (secondary N) is 2. The van der Waals surface area contributed by atoms with E-state index in [1.165, 1.54) is 7.11 Å². The van der Waals surface area contributed by atoms with Crippen LogP contribution in [0.15, 0.2) is 66.9 Å². The highest BCUT2D eigenvalue weighted by atomic mass is 19.1. The number of carbonyl (C=O) groups excluding carboxylic acids is 1. The van der Waals surface area contributed by atoms with Gasteiger partial charge in [0, 0.05) is 22.4 Å². The Morgan fingerprint density at radius 3 is 2.63 bits per heavy atom. The lowest BCUT2D eigenvalue weighted by Crippen LogP contribution is -2.17. The van der Waals surface area contributed by atoms with Gasteiger partial charge < -0.3 is 20.8 Å². The van der Waals surface area contributed by atoms with Crippen LogP contribution in [0.4, 0.5) is 10.1 Å². The molecule has 1 atom stereocenters. The van der Waals surface area contributed by atoms with Gasteiger partial charge in [-0.15, -0.1) is 0 Å². The van der Waals surface area contributed by atoms with Gasteiger partial charge in [-0.25, -0.2) is 9.37 Å². The molecule has 0 bridgehead atoms. The Hall–Kier alpha value is -4.64. The first kappa shape index (κ1) is 23.5. The standard InChI is InChI=1S/C27H24FN5O2/c1-3-16-12-21(24(28)23(13-16)35-2)25(32-18-10-8-17(14-29)9-11-18)27-31-15-22(33-27)19-6-4-5-7-20(19)26(30)34/h4-13,15,25,32H,3H2,1-2H3,(H2,30,34)(H,31,33). The van der Waals surface area contributed by atoms with E-state index >= 15 is 4.39 Å². The molecule has 4 N–H and O–H groups in total. The average Bonchev–Trinajstić information content (AvgIpc) is 3.38. The van der Waals surface area contributed by atoms with Crippen LogP contribution in [0.2, 0.25) is 0 Å². The molecule has 35 heavy (non-hydrogen) atoms. The number of H-pyrrole nitrogens is 1. The number of ether oxygens (including phenoxy) is 1. The number of methoxy groups -OCH3 is 1. The number of carbonyl (C=O) groups is 1. The van der Waals surface area contributed by atoms with Crippen molar-refractivity contribution in [2.45, 2.75) is 19.4 Å². The van der Waals surface area contributed by atoms with Gasteiger partial charge in [0.25, 0.3) is 0 Å². The maximum absolute atomic E-state index is 15.5. The number of nitriles is 1. The molecule has 0 saturated heterocycles. The molecule has 0 aliphatic carbocycles. The monoisotopic (exact) mass is 469 g/mol. The van der Waals surface area contributed by atoms with Crippen molar-refractivity contribution in [3.05, 3.63) is 101 Å². The summed E-state index contributed by atoms with van der Waals surface area (Å²) in [6, 6.07) is 18.6. The third kappa shape index (κ3) is 4.84. The van der Waals surface area contributed by atoms with Gasteiger partial charge in [0.2, 0.25) is 5.91 Å². The van der Waals surface area contributed by atoms with Crippen LogP contribution in [-0.4, -0.2) is 23.0 Å². The number of hydrogen-bond donors (Lipinski definition) is 3. The molecular formula is C27H24FN5O2. The molecule has 0 fully saturated rings. The number of aromatic nitrogens is 2. The zero-order chi connectivity index (χ0) is 24.9. The summed E-state index contributed by atoms with van der Waals surface area (Å²) in [6.07, 6.45) is 2.27. The number of benzene rings is 3. The lowest BCUT2D eigenvalue weighted by molar-refractivity contribution is 0.100. The fourth-order valence-electron chi connectivity index (χ4n) is 3.90. The predicted molar refractivity (Wildman–Crippen MR) is 131 cm³/mol. The number of hydrogen-bond acceptors (Lipinski definition) is 5. The highest BCUT2D eigenvalue weighted by Gasteiger charge is 2.25. The van der Waals surface area contributed by atoms with Crippen molar-refractivity contribution in [1.29, 1.82) is 5.26 Å². The summed E-state index contributed by atoms with van der Waals surface area (Å²) in [6.45, 7) is 1.98. The molecule has 4 aromatic rings. The van der Waals surface area contributed by atoms with E-state index in [-0.39, 0.29) is 5.75 Å². The number of nitrogens with two attached hydrogens (primary N) is 1. The number of rotatable bonds is 8. The Morgan fingerprint density at radius 2 is 1.97 bits per heavy atom. The van der Waals surface area contributed by atoms with Gasteiger partial charge >= 0.3 is 0 Å². The Balaban J connectivity index is 1.84. The minimum absolute atomic E-state index is 0.136. The summed E-state index contributed by atoms with van der Waals surface area (Å²) in [4.78, 5) is 19.7. The topological polar surface area (TPSA) is 117 Å². The Labute approximate surface area is 202 Å².